The minimum Gasteiger partial charge on any atom is -0.461 e. The van der Waals surface area contributed by atoms with E-state index in [0.29, 0.717) is 43.4 Å². The topological polar surface area (TPSA) is 70.0 Å². The van der Waals surface area contributed by atoms with Crippen LogP contribution in [0.2, 0.25) is 5.02 Å². The van der Waals surface area contributed by atoms with E-state index in [2.05, 4.69) is 24.8 Å². The molecule has 1 saturated carbocycles. The van der Waals surface area contributed by atoms with Gasteiger partial charge in [0.25, 0.3) is 0 Å². The first kappa shape index (κ1) is 22.4. The van der Waals surface area contributed by atoms with Crippen LogP contribution in [0, 0.1) is 23.2 Å². The van der Waals surface area contributed by atoms with Gasteiger partial charge in [-0.05, 0) is 49.3 Å². The lowest BCUT2D eigenvalue weighted by Gasteiger charge is -2.52. The Morgan fingerprint density at radius 2 is 1.91 bits per heavy atom. The van der Waals surface area contributed by atoms with Gasteiger partial charge in [0.1, 0.15) is 6.10 Å². The maximum atomic E-state index is 12.9. The van der Waals surface area contributed by atoms with E-state index in [9.17, 15) is 15.0 Å². The fraction of sp³-hybridized carbons (Fsp3) is 0.654. The number of ether oxygens (including phenoxy) is 1. The second-order valence-corrected chi connectivity index (χ2v) is 11.1. The Morgan fingerprint density at radius 3 is 2.59 bits per heavy atom. The summed E-state index contributed by atoms with van der Waals surface area (Å²) in [5.74, 6) is -0.265. The summed E-state index contributed by atoms with van der Waals surface area (Å²) in [7, 11) is 0. The maximum Gasteiger partial charge on any atom is 0.311 e. The molecular formula is C26H34ClNO4. The fourth-order valence-electron chi connectivity index (χ4n) is 6.71. The van der Waals surface area contributed by atoms with E-state index in [0.717, 1.165) is 24.8 Å². The van der Waals surface area contributed by atoms with Gasteiger partial charge in [0.15, 0.2) is 0 Å². The summed E-state index contributed by atoms with van der Waals surface area (Å²) in [6.07, 6.45) is 5.55. The van der Waals surface area contributed by atoms with Gasteiger partial charge < -0.3 is 19.8 Å². The molecule has 2 saturated heterocycles. The maximum absolute atomic E-state index is 12.9. The number of aliphatic hydroxyl groups excluding tert-OH is 1. The third kappa shape index (κ3) is 3.53. The van der Waals surface area contributed by atoms with Crippen LogP contribution in [0.1, 0.15) is 51.5 Å². The van der Waals surface area contributed by atoms with E-state index in [4.69, 9.17) is 16.3 Å². The second kappa shape index (κ2) is 8.12. The Hall–Kier alpha value is -1.40. The lowest BCUT2D eigenvalue weighted by Crippen LogP contribution is -2.55. The third-order valence-electron chi connectivity index (χ3n) is 9.09. The zero-order valence-electron chi connectivity index (χ0n) is 19.0. The van der Waals surface area contributed by atoms with Gasteiger partial charge in [-0.25, -0.2) is 0 Å². The summed E-state index contributed by atoms with van der Waals surface area (Å²) in [5.41, 5.74) is 1.02. The molecule has 2 aliphatic heterocycles. The fourth-order valence-corrected chi connectivity index (χ4v) is 6.83. The van der Waals surface area contributed by atoms with Crippen LogP contribution < -0.4 is 0 Å². The highest BCUT2D eigenvalue weighted by Gasteiger charge is 2.59. The summed E-state index contributed by atoms with van der Waals surface area (Å²) >= 11 is 6.00. The van der Waals surface area contributed by atoms with Gasteiger partial charge >= 0.3 is 5.97 Å². The number of fused-ring (bicyclic) bond motifs is 2. The lowest BCUT2D eigenvalue weighted by atomic mass is 9.55. The zero-order valence-corrected chi connectivity index (χ0v) is 19.7. The third-order valence-corrected chi connectivity index (χ3v) is 9.34. The molecule has 1 aromatic carbocycles. The van der Waals surface area contributed by atoms with Crippen LogP contribution in [0.4, 0.5) is 0 Å². The normalized spacial score (nSPS) is 39.1. The molecule has 0 unspecified atom stereocenters. The predicted molar refractivity (Wildman–Crippen MR) is 123 cm³/mol. The average molecular weight is 460 g/mol. The minimum absolute atomic E-state index is 0.165. The second-order valence-electron chi connectivity index (χ2n) is 10.6. The Balaban J connectivity index is 1.29. The molecule has 3 fully saturated rings. The highest BCUT2D eigenvalue weighted by atomic mass is 35.5. The largest absolute Gasteiger partial charge is 0.461 e. The Kier molecular flexibility index (Phi) is 5.68. The standard InChI is InChI=1S/C26H34ClNO4/c1-16-4-3-5-18-14-21-22(23(29)25(16,18)2)20(24(30)32-21)15-28-12-10-26(31,11-13-28)17-6-8-19(27)9-7-17/h5-9,16,20-23,29,31H,3-4,10-15H2,1-2H3/t16-,20-,21-,22+,23-,25-/m1/s1. The first-order valence-electron chi connectivity index (χ1n) is 12.0. The van der Waals surface area contributed by atoms with Crippen molar-refractivity contribution in [1.82, 2.24) is 4.90 Å². The molecule has 174 valence electrons. The number of carbonyl (C=O) groups is 1. The molecular weight excluding hydrogens is 426 g/mol. The molecule has 0 bridgehead atoms. The van der Waals surface area contributed by atoms with Gasteiger partial charge in [-0.3, -0.25) is 4.79 Å². The molecule has 0 spiro atoms. The van der Waals surface area contributed by atoms with Crippen LogP contribution in [-0.2, 0) is 15.1 Å². The summed E-state index contributed by atoms with van der Waals surface area (Å²) in [5, 5.41) is 23.4. The minimum atomic E-state index is -0.866. The molecule has 2 aliphatic carbocycles. The molecule has 1 aromatic rings. The summed E-state index contributed by atoms with van der Waals surface area (Å²) in [6, 6.07) is 7.42. The van der Waals surface area contributed by atoms with Crippen LogP contribution >= 0.6 is 11.6 Å². The van der Waals surface area contributed by atoms with Crippen molar-refractivity contribution in [3.63, 3.8) is 0 Å². The number of piperidine rings is 1. The van der Waals surface area contributed by atoms with Gasteiger partial charge in [0.05, 0.1) is 17.6 Å². The van der Waals surface area contributed by atoms with E-state index in [1.807, 2.05) is 24.3 Å². The summed E-state index contributed by atoms with van der Waals surface area (Å²) in [6.45, 7) is 6.39. The van der Waals surface area contributed by atoms with Crippen molar-refractivity contribution in [2.75, 3.05) is 19.6 Å². The van der Waals surface area contributed by atoms with Crippen LogP contribution in [0.5, 0.6) is 0 Å². The number of hydrogen-bond donors (Lipinski definition) is 2. The van der Waals surface area contributed by atoms with Crippen molar-refractivity contribution in [3.05, 3.63) is 46.5 Å². The Bertz CT molecular complexity index is 907. The average Bonchev–Trinajstić information content (AvgIpc) is 3.07. The molecule has 6 atom stereocenters. The number of likely N-dealkylation sites (tertiary alicyclic amines) is 1. The van der Waals surface area contributed by atoms with Crippen LogP contribution in [0.15, 0.2) is 35.9 Å². The van der Waals surface area contributed by atoms with E-state index in [-0.39, 0.29) is 29.3 Å². The molecule has 0 aromatic heterocycles. The number of allylic oxidation sites excluding steroid dienone is 1. The number of halogens is 1. The highest BCUT2D eigenvalue weighted by molar-refractivity contribution is 6.30. The van der Waals surface area contributed by atoms with Crippen molar-refractivity contribution in [3.8, 4) is 0 Å². The first-order valence-corrected chi connectivity index (χ1v) is 12.4. The smallest absolute Gasteiger partial charge is 0.311 e. The zero-order chi connectivity index (χ0) is 22.7. The van der Waals surface area contributed by atoms with Crippen LogP contribution in [0.3, 0.4) is 0 Å². The van der Waals surface area contributed by atoms with Gasteiger partial charge in [0, 0.05) is 42.4 Å². The number of esters is 1. The highest BCUT2D eigenvalue weighted by Crippen LogP contribution is 2.56. The molecule has 32 heavy (non-hydrogen) atoms. The number of aliphatic hydroxyl groups is 2. The van der Waals surface area contributed by atoms with E-state index in [1.165, 1.54) is 5.57 Å². The number of nitrogens with zero attached hydrogens (tertiary/aromatic N) is 1. The number of hydrogen-bond acceptors (Lipinski definition) is 5. The molecule has 5 rings (SSSR count). The van der Waals surface area contributed by atoms with Crippen molar-refractivity contribution in [2.45, 2.75) is 63.8 Å². The quantitative estimate of drug-likeness (QED) is 0.529. The summed E-state index contributed by atoms with van der Waals surface area (Å²) < 4.78 is 5.81. The van der Waals surface area contributed by atoms with Crippen LogP contribution in [-0.4, -0.2) is 52.9 Å². The molecule has 0 radical (unpaired) electrons. The molecule has 0 amide bonds. The Morgan fingerprint density at radius 1 is 1.22 bits per heavy atom. The van der Waals surface area contributed by atoms with Crippen molar-refractivity contribution in [2.24, 2.45) is 23.2 Å². The summed E-state index contributed by atoms with van der Waals surface area (Å²) in [4.78, 5) is 15.1. The molecule has 6 heteroatoms. The number of rotatable bonds is 3. The van der Waals surface area contributed by atoms with Crippen molar-refractivity contribution in [1.29, 1.82) is 0 Å². The van der Waals surface area contributed by atoms with Crippen LogP contribution in [0.25, 0.3) is 0 Å². The molecule has 5 nitrogen and oxygen atoms in total. The lowest BCUT2D eigenvalue weighted by molar-refractivity contribution is -0.145. The molecule has 2 heterocycles. The monoisotopic (exact) mass is 459 g/mol. The molecule has 4 aliphatic rings. The van der Waals surface area contributed by atoms with E-state index < -0.39 is 11.7 Å². The van der Waals surface area contributed by atoms with Crippen molar-refractivity contribution < 1.29 is 19.7 Å². The van der Waals surface area contributed by atoms with Gasteiger partial charge in [0.2, 0.25) is 0 Å². The first-order chi connectivity index (χ1) is 15.2. The predicted octanol–water partition coefficient (Wildman–Crippen LogP) is 3.91. The van der Waals surface area contributed by atoms with Gasteiger partial charge in [-0.2, -0.15) is 0 Å². The van der Waals surface area contributed by atoms with Gasteiger partial charge in [-0.1, -0.05) is 49.2 Å². The van der Waals surface area contributed by atoms with E-state index >= 15 is 0 Å². The Labute approximate surface area is 195 Å². The van der Waals surface area contributed by atoms with Gasteiger partial charge in [-0.15, -0.1) is 0 Å². The molecule has 2 N–H and O–H groups in total. The SMILES string of the molecule is C[C@@H]1CCC=C2C[C@H]3OC(=O)[C@H](CN4CCC(O)(c5ccc(Cl)cc5)CC4)[C@@H]3[C@@H](O)[C@@]21C. The van der Waals surface area contributed by atoms with E-state index in [1.54, 1.807) is 0 Å². The number of benzene rings is 1. The number of carbonyl (C=O) groups excluding carboxylic acids is 1. The van der Waals surface area contributed by atoms with Crippen molar-refractivity contribution >= 4 is 17.6 Å².